The number of nitrogens with zero attached hydrogens (tertiary/aromatic N) is 2. The Kier molecular flexibility index (Phi) is 6.37. The van der Waals surface area contributed by atoms with Crippen molar-refractivity contribution in [2.45, 2.75) is 39.5 Å². The van der Waals surface area contributed by atoms with Crippen LogP contribution in [-0.4, -0.2) is 37.6 Å². The normalized spacial score (nSPS) is 17.9. The predicted molar refractivity (Wildman–Crippen MR) is 92.8 cm³/mol. The fraction of sp³-hybridized carbons (Fsp3) is 0.667. The zero-order valence-electron chi connectivity index (χ0n) is 13.7. The second kappa shape index (κ2) is 8.28. The van der Waals surface area contributed by atoms with E-state index in [0.29, 0.717) is 0 Å². The lowest BCUT2D eigenvalue weighted by Gasteiger charge is -2.38. The van der Waals surface area contributed by atoms with Gasteiger partial charge in [0.25, 0.3) is 0 Å². The molecule has 1 heterocycles. The van der Waals surface area contributed by atoms with Gasteiger partial charge in [-0.25, -0.2) is 0 Å². The van der Waals surface area contributed by atoms with Gasteiger partial charge in [-0.2, -0.15) is 0 Å². The van der Waals surface area contributed by atoms with E-state index in [1.165, 1.54) is 37.9 Å². The van der Waals surface area contributed by atoms with Crippen molar-refractivity contribution in [3.05, 3.63) is 24.3 Å². The van der Waals surface area contributed by atoms with E-state index in [1.54, 1.807) is 0 Å². The van der Waals surface area contributed by atoms with Crippen LogP contribution in [0.2, 0.25) is 0 Å². The number of rotatable bonds is 7. The van der Waals surface area contributed by atoms with E-state index < -0.39 is 0 Å². The van der Waals surface area contributed by atoms with Crippen LogP contribution in [0.15, 0.2) is 24.3 Å². The van der Waals surface area contributed by atoms with Crippen LogP contribution >= 0.6 is 0 Å². The van der Waals surface area contributed by atoms with Gasteiger partial charge in [-0.05, 0) is 24.5 Å². The average Bonchev–Trinajstić information content (AvgIpc) is 2.52. The highest BCUT2D eigenvalue weighted by atomic mass is 15.3. The summed E-state index contributed by atoms with van der Waals surface area (Å²) in [6.07, 6.45) is 5.39. The molecule has 1 aliphatic rings. The Bertz CT molecular complexity index is 411. The maximum absolute atomic E-state index is 6.09. The van der Waals surface area contributed by atoms with Crippen LogP contribution in [-0.2, 0) is 0 Å². The van der Waals surface area contributed by atoms with Gasteiger partial charge in [0.05, 0.1) is 11.4 Å². The number of hydrogen-bond acceptors (Lipinski definition) is 3. The molecule has 0 spiro atoms. The maximum atomic E-state index is 6.09. The van der Waals surface area contributed by atoms with Gasteiger partial charge in [-0.1, -0.05) is 45.2 Å². The first-order valence-corrected chi connectivity index (χ1v) is 8.56. The zero-order valence-corrected chi connectivity index (χ0v) is 13.7. The van der Waals surface area contributed by atoms with Crippen LogP contribution in [0.4, 0.5) is 11.4 Å². The number of para-hydroxylation sites is 2. The van der Waals surface area contributed by atoms with Crippen molar-refractivity contribution in [1.82, 2.24) is 4.90 Å². The smallest absolute Gasteiger partial charge is 0.0600 e. The van der Waals surface area contributed by atoms with Crippen molar-refractivity contribution in [3.8, 4) is 0 Å². The maximum Gasteiger partial charge on any atom is 0.0600 e. The lowest BCUT2D eigenvalue weighted by molar-refractivity contribution is 0.208. The summed E-state index contributed by atoms with van der Waals surface area (Å²) >= 11 is 0. The van der Waals surface area contributed by atoms with Crippen LogP contribution < -0.4 is 10.6 Å². The Labute approximate surface area is 130 Å². The van der Waals surface area contributed by atoms with Crippen molar-refractivity contribution in [1.29, 1.82) is 0 Å². The van der Waals surface area contributed by atoms with Crippen LogP contribution in [0, 0.1) is 5.92 Å². The van der Waals surface area contributed by atoms with Gasteiger partial charge in [0.1, 0.15) is 0 Å². The van der Waals surface area contributed by atoms with Crippen molar-refractivity contribution in [2.75, 3.05) is 43.4 Å². The number of nitrogens with two attached hydrogens (primary N) is 1. The van der Waals surface area contributed by atoms with E-state index in [2.05, 4.69) is 35.8 Å². The molecule has 0 saturated carbocycles. The SMILES string of the molecule is CCCCC(CC)CN1CCN(c2ccccc2N)CC1. The second-order valence-electron chi connectivity index (χ2n) is 6.26. The Morgan fingerprint density at radius 1 is 1.10 bits per heavy atom. The number of piperazine rings is 1. The van der Waals surface area contributed by atoms with Gasteiger partial charge >= 0.3 is 0 Å². The summed E-state index contributed by atoms with van der Waals surface area (Å²) in [7, 11) is 0. The molecule has 0 aromatic heterocycles. The third-order valence-electron chi connectivity index (χ3n) is 4.71. The molecule has 0 radical (unpaired) electrons. The van der Waals surface area contributed by atoms with Gasteiger partial charge in [0.2, 0.25) is 0 Å². The molecule has 1 aromatic rings. The van der Waals surface area contributed by atoms with Crippen LogP contribution in [0.3, 0.4) is 0 Å². The Morgan fingerprint density at radius 3 is 2.43 bits per heavy atom. The van der Waals surface area contributed by atoms with Crippen molar-refractivity contribution in [3.63, 3.8) is 0 Å². The van der Waals surface area contributed by atoms with E-state index in [9.17, 15) is 0 Å². The summed E-state index contributed by atoms with van der Waals surface area (Å²) in [6, 6.07) is 8.23. The molecule has 3 heteroatoms. The van der Waals surface area contributed by atoms with Gasteiger partial charge in [-0.15, -0.1) is 0 Å². The first kappa shape index (κ1) is 16.2. The molecule has 2 N–H and O–H groups in total. The number of benzene rings is 1. The molecule has 3 nitrogen and oxygen atoms in total. The van der Waals surface area contributed by atoms with Crippen LogP contribution in [0.1, 0.15) is 39.5 Å². The van der Waals surface area contributed by atoms with Crippen LogP contribution in [0.25, 0.3) is 0 Å². The fourth-order valence-electron chi connectivity index (χ4n) is 3.23. The fourth-order valence-corrected chi connectivity index (χ4v) is 3.23. The van der Waals surface area contributed by atoms with Crippen molar-refractivity contribution in [2.24, 2.45) is 5.92 Å². The number of hydrogen-bond donors (Lipinski definition) is 1. The summed E-state index contributed by atoms with van der Waals surface area (Å²) < 4.78 is 0. The highest BCUT2D eigenvalue weighted by Crippen LogP contribution is 2.24. The molecule has 2 rings (SSSR count). The van der Waals surface area contributed by atoms with Crippen molar-refractivity contribution >= 4 is 11.4 Å². The van der Waals surface area contributed by atoms with E-state index in [-0.39, 0.29) is 0 Å². The molecule has 0 amide bonds. The molecule has 1 aromatic carbocycles. The Morgan fingerprint density at radius 2 is 1.81 bits per heavy atom. The molecule has 0 aliphatic carbocycles. The van der Waals surface area contributed by atoms with E-state index in [0.717, 1.165) is 37.8 Å². The number of anilines is 2. The molecule has 21 heavy (non-hydrogen) atoms. The Balaban J connectivity index is 1.81. The molecule has 118 valence electrons. The first-order valence-electron chi connectivity index (χ1n) is 8.56. The van der Waals surface area contributed by atoms with Gasteiger partial charge in [0, 0.05) is 32.7 Å². The van der Waals surface area contributed by atoms with E-state index in [1.807, 2.05) is 12.1 Å². The number of nitrogen functional groups attached to an aromatic ring is 1. The van der Waals surface area contributed by atoms with Crippen molar-refractivity contribution < 1.29 is 0 Å². The lowest BCUT2D eigenvalue weighted by Crippen LogP contribution is -2.48. The third kappa shape index (κ3) is 4.63. The molecular formula is C18H31N3. The third-order valence-corrected chi connectivity index (χ3v) is 4.71. The first-order chi connectivity index (χ1) is 10.2. The topological polar surface area (TPSA) is 32.5 Å². The summed E-state index contributed by atoms with van der Waals surface area (Å²) in [4.78, 5) is 5.07. The molecule has 1 saturated heterocycles. The predicted octanol–water partition coefficient (Wildman–Crippen LogP) is 3.61. The largest absolute Gasteiger partial charge is 0.397 e. The Hall–Kier alpha value is -1.22. The summed E-state index contributed by atoms with van der Waals surface area (Å²) in [6.45, 7) is 10.4. The molecule has 1 unspecified atom stereocenters. The minimum atomic E-state index is 0.873. The van der Waals surface area contributed by atoms with Crippen LogP contribution in [0.5, 0.6) is 0 Å². The van der Waals surface area contributed by atoms with Gasteiger partial charge < -0.3 is 10.6 Å². The minimum absolute atomic E-state index is 0.873. The number of unbranched alkanes of at least 4 members (excludes halogenated alkanes) is 1. The second-order valence-corrected chi connectivity index (χ2v) is 6.26. The highest BCUT2D eigenvalue weighted by Gasteiger charge is 2.20. The van der Waals surface area contributed by atoms with E-state index in [4.69, 9.17) is 5.73 Å². The average molecular weight is 289 g/mol. The quantitative estimate of drug-likeness (QED) is 0.778. The highest BCUT2D eigenvalue weighted by molar-refractivity contribution is 5.67. The summed E-state index contributed by atoms with van der Waals surface area (Å²) in [5, 5.41) is 0. The molecule has 1 fully saturated rings. The van der Waals surface area contributed by atoms with Gasteiger partial charge in [0.15, 0.2) is 0 Å². The molecule has 1 atom stereocenters. The summed E-state index contributed by atoms with van der Waals surface area (Å²) in [5.41, 5.74) is 8.19. The van der Waals surface area contributed by atoms with E-state index >= 15 is 0 Å². The van der Waals surface area contributed by atoms with Gasteiger partial charge in [-0.3, -0.25) is 4.90 Å². The molecule has 1 aliphatic heterocycles. The molecular weight excluding hydrogens is 258 g/mol. The molecule has 0 bridgehead atoms. The minimum Gasteiger partial charge on any atom is -0.397 e. The monoisotopic (exact) mass is 289 g/mol. The zero-order chi connectivity index (χ0) is 15.1. The summed E-state index contributed by atoms with van der Waals surface area (Å²) in [5.74, 6) is 0.873. The lowest BCUT2D eigenvalue weighted by atomic mass is 9.98. The standard InChI is InChI=1S/C18H31N3/c1-3-5-8-16(4-2)15-20-11-13-21(14-12-20)18-10-7-6-9-17(18)19/h6-7,9-10,16H,3-5,8,11-15,19H2,1-2H3.